The number of nitrogens with zero attached hydrogens (tertiary/aromatic N) is 2. The number of fused-ring (bicyclic) bond motifs is 2. The Morgan fingerprint density at radius 1 is 1.26 bits per heavy atom. The first-order valence-electron chi connectivity index (χ1n) is 12.7. The predicted molar refractivity (Wildman–Crippen MR) is 127 cm³/mol. The van der Waals surface area contributed by atoms with Gasteiger partial charge in [0.05, 0.1) is 11.6 Å². The van der Waals surface area contributed by atoms with Gasteiger partial charge < -0.3 is 20.5 Å². The lowest BCUT2D eigenvalue weighted by Crippen LogP contribution is -2.52. The van der Waals surface area contributed by atoms with Crippen LogP contribution in [0.5, 0.6) is 0 Å². The Morgan fingerprint density at radius 3 is 2.72 bits per heavy atom. The Hall–Kier alpha value is -3.69. The number of nitrogens with one attached hydrogen (secondary N) is 3. The smallest absolute Gasteiger partial charge is 0.271 e. The molecule has 0 spiro atoms. The number of alkyl halides is 4. The molecule has 2 aliphatic heterocycles. The number of rotatable bonds is 6. The number of halogens is 5. The number of amides is 3. The largest absolute Gasteiger partial charge is 0.356 e. The Kier molecular flexibility index (Phi) is 6.99. The monoisotopic (exact) mass is 551 g/mol. The standard InChI is InChI=1S/C26H26F5N5O3/c27-18-4-3-15(22(28)29)20-16(18)7-19(35-20)25(39)36-11-13-8-26(30,31)9-17(13)21(36)24(38)34-14(10-32)6-12-2-1-5-33-23(12)37/h3-4,7,12-14,17,21-22,35H,1-2,5-6,8-9,11H2,(H,33,37)(H,34,38). The Labute approximate surface area is 219 Å². The summed E-state index contributed by atoms with van der Waals surface area (Å²) in [6.07, 6.45) is -2.86. The highest BCUT2D eigenvalue weighted by atomic mass is 19.3. The molecule has 1 aromatic carbocycles. The van der Waals surface area contributed by atoms with Gasteiger partial charge in [0, 0.05) is 42.8 Å². The summed E-state index contributed by atoms with van der Waals surface area (Å²) in [6.45, 7) is 0.324. The zero-order chi connectivity index (χ0) is 28.1. The molecule has 2 aromatic rings. The van der Waals surface area contributed by atoms with Gasteiger partial charge in [0.25, 0.3) is 12.3 Å². The Bertz CT molecular complexity index is 1360. The number of nitriles is 1. The van der Waals surface area contributed by atoms with Crippen LogP contribution < -0.4 is 10.6 Å². The van der Waals surface area contributed by atoms with Crippen molar-refractivity contribution >= 4 is 28.6 Å². The van der Waals surface area contributed by atoms with Gasteiger partial charge >= 0.3 is 0 Å². The maximum absolute atomic E-state index is 14.4. The van der Waals surface area contributed by atoms with Crippen molar-refractivity contribution in [1.29, 1.82) is 5.26 Å². The molecule has 3 amide bonds. The maximum Gasteiger partial charge on any atom is 0.271 e. The van der Waals surface area contributed by atoms with Gasteiger partial charge in [-0.15, -0.1) is 0 Å². The van der Waals surface area contributed by atoms with E-state index in [1.807, 2.05) is 6.07 Å². The van der Waals surface area contributed by atoms with E-state index in [4.69, 9.17) is 0 Å². The molecule has 1 aliphatic carbocycles. The number of hydrogen-bond donors (Lipinski definition) is 3. The summed E-state index contributed by atoms with van der Waals surface area (Å²) >= 11 is 0. The highest BCUT2D eigenvalue weighted by Crippen LogP contribution is 2.50. The number of carbonyl (C=O) groups is 3. The van der Waals surface area contributed by atoms with Crippen LogP contribution in [0.1, 0.15) is 54.6 Å². The minimum absolute atomic E-state index is 0.0245. The van der Waals surface area contributed by atoms with Gasteiger partial charge in [-0.25, -0.2) is 22.0 Å². The molecular formula is C26H26F5N5O3. The zero-order valence-corrected chi connectivity index (χ0v) is 20.7. The molecule has 5 atom stereocenters. The summed E-state index contributed by atoms with van der Waals surface area (Å²) < 4.78 is 69.9. The highest BCUT2D eigenvalue weighted by molar-refractivity contribution is 6.01. The van der Waals surface area contributed by atoms with Crippen LogP contribution in [-0.2, 0) is 9.59 Å². The van der Waals surface area contributed by atoms with E-state index in [9.17, 15) is 41.6 Å². The number of benzene rings is 1. The number of likely N-dealkylation sites (tertiary alicyclic amines) is 1. The van der Waals surface area contributed by atoms with Crippen LogP contribution in [-0.4, -0.2) is 58.7 Å². The van der Waals surface area contributed by atoms with Crippen LogP contribution in [0.2, 0.25) is 0 Å². The maximum atomic E-state index is 14.4. The van der Waals surface area contributed by atoms with Crippen LogP contribution >= 0.6 is 0 Å². The van der Waals surface area contributed by atoms with Gasteiger partial charge in [-0.05, 0) is 49.3 Å². The van der Waals surface area contributed by atoms with Crippen molar-refractivity contribution in [3.63, 3.8) is 0 Å². The first kappa shape index (κ1) is 26.9. The van der Waals surface area contributed by atoms with Crippen LogP contribution in [0.25, 0.3) is 10.9 Å². The second kappa shape index (κ2) is 10.1. The molecule has 1 aromatic heterocycles. The number of aromatic amines is 1. The molecule has 3 heterocycles. The van der Waals surface area contributed by atoms with E-state index < -0.39 is 78.2 Å². The van der Waals surface area contributed by atoms with Gasteiger partial charge in [-0.3, -0.25) is 14.4 Å². The van der Waals surface area contributed by atoms with E-state index in [0.717, 1.165) is 23.1 Å². The average Bonchev–Trinajstić information content (AvgIpc) is 3.54. The molecule has 0 radical (unpaired) electrons. The fourth-order valence-corrected chi connectivity index (χ4v) is 6.25. The summed E-state index contributed by atoms with van der Waals surface area (Å²) in [7, 11) is 0. The number of H-pyrrole nitrogens is 1. The van der Waals surface area contributed by atoms with E-state index in [0.29, 0.717) is 19.4 Å². The van der Waals surface area contributed by atoms with E-state index >= 15 is 0 Å². The third kappa shape index (κ3) is 5.04. The fourth-order valence-electron chi connectivity index (χ4n) is 6.25. The molecule has 5 rings (SSSR count). The van der Waals surface area contributed by atoms with Crippen molar-refractivity contribution < 1.29 is 36.3 Å². The van der Waals surface area contributed by atoms with Gasteiger partial charge in [-0.1, -0.05) is 0 Å². The summed E-state index contributed by atoms with van der Waals surface area (Å²) in [5.41, 5.74) is -1.05. The van der Waals surface area contributed by atoms with Gasteiger partial charge in [0.15, 0.2) is 0 Å². The first-order chi connectivity index (χ1) is 18.5. The number of hydrogen-bond acceptors (Lipinski definition) is 4. The molecule has 3 N–H and O–H groups in total. The van der Waals surface area contributed by atoms with Crippen molar-refractivity contribution in [2.75, 3.05) is 13.1 Å². The van der Waals surface area contributed by atoms with Crippen LogP contribution in [0.3, 0.4) is 0 Å². The number of piperidine rings is 1. The van der Waals surface area contributed by atoms with Crippen molar-refractivity contribution in [1.82, 2.24) is 20.5 Å². The molecule has 1 saturated carbocycles. The first-order valence-corrected chi connectivity index (χ1v) is 12.7. The van der Waals surface area contributed by atoms with E-state index in [2.05, 4.69) is 15.6 Å². The second-order valence-electron chi connectivity index (χ2n) is 10.6. The Morgan fingerprint density at radius 2 is 2.03 bits per heavy atom. The lowest BCUT2D eigenvalue weighted by molar-refractivity contribution is -0.129. The minimum atomic E-state index is -3.03. The lowest BCUT2D eigenvalue weighted by Gasteiger charge is -2.29. The van der Waals surface area contributed by atoms with Crippen LogP contribution in [0.4, 0.5) is 22.0 Å². The average molecular weight is 552 g/mol. The number of aromatic nitrogens is 1. The van der Waals surface area contributed by atoms with Gasteiger partial charge in [0.2, 0.25) is 17.7 Å². The van der Waals surface area contributed by atoms with Gasteiger partial charge in [-0.2, -0.15) is 5.26 Å². The van der Waals surface area contributed by atoms with Crippen molar-refractivity contribution in [3.8, 4) is 6.07 Å². The molecule has 3 aliphatic rings. The lowest BCUT2D eigenvalue weighted by atomic mass is 9.90. The van der Waals surface area contributed by atoms with Gasteiger partial charge in [0.1, 0.15) is 23.6 Å². The Balaban J connectivity index is 1.42. The molecular weight excluding hydrogens is 525 g/mol. The van der Waals surface area contributed by atoms with E-state index in [1.54, 1.807) is 0 Å². The fraction of sp³-hybridized carbons (Fsp3) is 0.538. The quantitative estimate of drug-likeness (QED) is 0.475. The molecule has 8 nitrogen and oxygen atoms in total. The third-order valence-corrected chi connectivity index (χ3v) is 8.03. The summed E-state index contributed by atoms with van der Waals surface area (Å²) in [5, 5.41) is 14.6. The van der Waals surface area contributed by atoms with Crippen molar-refractivity contribution in [2.45, 2.75) is 56.5 Å². The molecule has 208 valence electrons. The molecule has 2 saturated heterocycles. The minimum Gasteiger partial charge on any atom is -0.356 e. The SMILES string of the molecule is N#CC(CC1CCCNC1=O)NC(=O)C1C2CC(F)(F)CC2CN1C(=O)c1cc2c(F)ccc(C(F)F)c2[nH]1. The molecule has 5 unspecified atom stereocenters. The summed E-state index contributed by atoms with van der Waals surface area (Å²) in [4.78, 5) is 42.7. The van der Waals surface area contributed by atoms with E-state index in [1.165, 1.54) is 0 Å². The molecule has 3 fully saturated rings. The van der Waals surface area contributed by atoms with E-state index in [-0.39, 0.29) is 35.5 Å². The summed E-state index contributed by atoms with van der Waals surface area (Å²) in [5.74, 6) is -7.86. The highest BCUT2D eigenvalue weighted by Gasteiger charge is 2.58. The number of carbonyl (C=O) groups excluding carboxylic acids is 3. The van der Waals surface area contributed by atoms with Crippen LogP contribution in [0.15, 0.2) is 18.2 Å². The third-order valence-electron chi connectivity index (χ3n) is 8.03. The molecule has 13 heteroatoms. The van der Waals surface area contributed by atoms with Crippen molar-refractivity contribution in [2.24, 2.45) is 17.8 Å². The normalized spacial score (nSPS) is 26.8. The van der Waals surface area contributed by atoms with Crippen LogP contribution in [0, 0.1) is 34.9 Å². The molecule has 0 bridgehead atoms. The zero-order valence-electron chi connectivity index (χ0n) is 20.7. The topological polar surface area (TPSA) is 118 Å². The van der Waals surface area contributed by atoms with Crippen molar-refractivity contribution in [3.05, 3.63) is 35.3 Å². The summed E-state index contributed by atoms with van der Waals surface area (Å²) in [6, 6.07) is 2.30. The predicted octanol–water partition coefficient (Wildman–Crippen LogP) is 3.66. The second-order valence-corrected chi connectivity index (χ2v) is 10.6. The molecule has 39 heavy (non-hydrogen) atoms.